The van der Waals surface area contributed by atoms with E-state index in [2.05, 4.69) is 10.6 Å². The Morgan fingerprint density at radius 2 is 1.72 bits per heavy atom. The number of nitrogens with one attached hydrogen (secondary N) is 2. The molecule has 7 nitrogen and oxygen atoms in total. The second kappa shape index (κ2) is 10.9. The van der Waals surface area contributed by atoms with Crippen LogP contribution < -0.4 is 10.6 Å². The van der Waals surface area contributed by atoms with E-state index in [0.717, 1.165) is 25.7 Å². The second-order valence-electron chi connectivity index (χ2n) is 7.78. The van der Waals surface area contributed by atoms with Crippen LogP contribution in [0.1, 0.15) is 48.5 Å². The first-order valence-electron chi connectivity index (χ1n) is 10.8. The summed E-state index contributed by atoms with van der Waals surface area (Å²) in [5.41, 5.74) is 1.33. The third-order valence-corrected chi connectivity index (χ3v) is 7.42. The van der Waals surface area contributed by atoms with Gasteiger partial charge in [-0.1, -0.05) is 37.1 Å². The van der Waals surface area contributed by atoms with Crippen molar-refractivity contribution < 1.29 is 18.0 Å². The molecule has 1 heterocycles. The molecule has 0 atom stereocenters. The van der Waals surface area contributed by atoms with Crippen LogP contribution in [0.5, 0.6) is 0 Å². The number of sulfonamides is 1. The minimum atomic E-state index is -3.51. The first-order valence-corrected chi connectivity index (χ1v) is 12.6. The van der Waals surface area contributed by atoms with Crippen LogP contribution in [0.2, 0.25) is 5.02 Å². The highest BCUT2D eigenvalue weighted by Gasteiger charge is 2.25. The van der Waals surface area contributed by atoms with Gasteiger partial charge in [-0.05, 0) is 55.2 Å². The van der Waals surface area contributed by atoms with E-state index < -0.39 is 10.0 Å². The summed E-state index contributed by atoms with van der Waals surface area (Å²) in [6, 6.07) is 11.1. The number of hydrogen-bond donors (Lipinski definition) is 2. The van der Waals surface area contributed by atoms with Crippen molar-refractivity contribution in [1.82, 2.24) is 9.62 Å². The van der Waals surface area contributed by atoms with E-state index in [1.54, 1.807) is 24.3 Å². The fourth-order valence-electron chi connectivity index (χ4n) is 3.57. The largest absolute Gasteiger partial charge is 0.352 e. The van der Waals surface area contributed by atoms with Gasteiger partial charge in [0.1, 0.15) is 0 Å². The van der Waals surface area contributed by atoms with Gasteiger partial charge in [0.15, 0.2) is 0 Å². The van der Waals surface area contributed by atoms with Crippen molar-refractivity contribution in [3.8, 4) is 0 Å². The normalized spacial score (nSPS) is 14.7. The molecule has 1 fully saturated rings. The average molecular weight is 478 g/mol. The summed E-state index contributed by atoms with van der Waals surface area (Å²) >= 11 is 6.05. The first kappa shape index (κ1) is 24.2. The predicted molar refractivity (Wildman–Crippen MR) is 125 cm³/mol. The highest BCUT2D eigenvalue weighted by Crippen LogP contribution is 2.23. The van der Waals surface area contributed by atoms with Crippen molar-refractivity contribution in [2.45, 2.75) is 43.9 Å². The lowest BCUT2D eigenvalue weighted by atomic mass is 10.1. The van der Waals surface area contributed by atoms with Crippen molar-refractivity contribution in [3.63, 3.8) is 0 Å². The van der Waals surface area contributed by atoms with Crippen LogP contribution in [0, 0.1) is 0 Å². The van der Waals surface area contributed by atoms with Crippen molar-refractivity contribution in [2.75, 3.05) is 25.0 Å². The number of rotatable bonds is 8. The molecule has 1 aliphatic heterocycles. The van der Waals surface area contributed by atoms with Crippen LogP contribution in [0.25, 0.3) is 0 Å². The summed E-state index contributed by atoms with van der Waals surface area (Å²) in [5, 5.41) is 5.93. The summed E-state index contributed by atoms with van der Waals surface area (Å²) in [6.45, 7) is 3.57. The molecule has 0 aliphatic carbocycles. The molecule has 0 saturated carbocycles. The van der Waals surface area contributed by atoms with E-state index in [9.17, 15) is 18.0 Å². The van der Waals surface area contributed by atoms with Crippen LogP contribution in [0.15, 0.2) is 47.4 Å². The van der Waals surface area contributed by atoms with E-state index in [4.69, 9.17) is 11.6 Å². The maximum atomic E-state index is 12.8. The van der Waals surface area contributed by atoms with Crippen LogP contribution in [-0.4, -0.2) is 44.2 Å². The Bertz CT molecular complexity index is 1070. The molecule has 32 heavy (non-hydrogen) atoms. The highest BCUT2D eigenvalue weighted by atomic mass is 35.5. The molecule has 9 heteroatoms. The van der Waals surface area contributed by atoms with Crippen molar-refractivity contribution in [1.29, 1.82) is 0 Å². The van der Waals surface area contributed by atoms with Gasteiger partial charge in [-0.15, -0.1) is 0 Å². The van der Waals surface area contributed by atoms with Gasteiger partial charge in [0.2, 0.25) is 15.9 Å². The van der Waals surface area contributed by atoms with Crippen molar-refractivity contribution in [2.24, 2.45) is 0 Å². The van der Waals surface area contributed by atoms with Gasteiger partial charge in [0.25, 0.3) is 5.91 Å². The Labute approximate surface area is 194 Å². The third kappa shape index (κ3) is 6.09. The lowest BCUT2D eigenvalue weighted by molar-refractivity contribution is -0.115. The van der Waals surface area contributed by atoms with Crippen LogP contribution in [-0.2, 0) is 21.2 Å². The number of amides is 2. The van der Waals surface area contributed by atoms with Gasteiger partial charge in [0.05, 0.1) is 22.6 Å². The Balaban J connectivity index is 1.68. The zero-order valence-corrected chi connectivity index (χ0v) is 19.6. The maximum Gasteiger partial charge on any atom is 0.253 e. The van der Waals surface area contributed by atoms with Gasteiger partial charge < -0.3 is 10.6 Å². The quantitative estimate of drug-likeness (QED) is 0.603. The molecule has 2 aromatic carbocycles. The van der Waals surface area contributed by atoms with Crippen LogP contribution in [0.4, 0.5) is 5.69 Å². The molecule has 0 radical (unpaired) electrons. The van der Waals surface area contributed by atoms with E-state index >= 15 is 0 Å². The maximum absolute atomic E-state index is 12.8. The second-order valence-corrected chi connectivity index (χ2v) is 10.2. The Morgan fingerprint density at radius 1 is 1.03 bits per heavy atom. The highest BCUT2D eigenvalue weighted by molar-refractivity contribution is 7.89. The SMILES string of the molecule is CCCNC(=O)c1ccc(Cl)cc1NC(=O)Cc1ccc(S(=O)(=O)N2CCCCC2)cc1. The Morgan fingerprint density at radius 3 is 2.38 bits per heavy atom. The first-order chi connectivity index (χ1) is 15.3. The molecule has 2 amide bonds. The number of piperidine rings is 1. The molecule has 0 unspecified atom stereocenters. The minimum absolute atomic E-state index is 0.0343. The fourth-order valence-corrected chi connectivity index (χ4v) is 5.25. The zero-order valence-electron chi connectivity index (χ0n) is 18.1. The molecule has 172 valence electrons. The van der Waals surface area contributed by atoms with E-state index in [1.165, 1.54) is 22.5 Å². The third-order valence-electron chi connectivity index (χ3n) is 5.28. The van der Waals surface area contributed by atoms with Crippen LogP contribution in [0.3, 0.4) is 0 Å². The molecule has 2 aromatic rings. The Kier molecular flexibility index (Phi) is 8.28. The molecule has 3 rings (SSSR count). The number of carbonyl (C=O) groups is 2. The monoisotopic (exact) mass is 477 g/mol. The summed E-state index contributed by atoms with van der Waals surface area (Å²) in [5.74, 6) is -0.616. The summed E-state index contributed by atoms with van der Waals surface area (Å²) in [4.78, 5) is 25.2. The molecular weight excluding hydrogens is 450 g/mol. The van der Waals surface area contributed by atoms with Gasteiger partial charge in [0, 0.05) is 24.7 Å². The number of hydrogen-bond acceptors (Lipinski definition) is 4. The molecule has 2 N–H and O–H groups in total. The zero-order chi connectivity index (χ0) is 23.1. The number of halogens is 1. The molecule has 0 bridgehead atoms. The summed E-state index contributed by atoms with van der Waals surface area (Å²) in [6.07, 6.45) is 3.63. The Hall–Kier alpha value is -2.42. The summed E-state index contributed by atoms with van der Waals surface area (Å²) < 4.78 is 27.0. The smallest absolute Gasteiger partial charge is 0.253 e. The average Bonchev–Trinajstić information content (AvgIpc) is 2.78. The lowest BCUT2D eigenvalue weighted by Gasteiger charge is -2.25. The van der Waals surface area contributed by atoms with Gasteiger partial charge in [-0.3, -0.25) is 9.59 Å². The van der Waals surface area contributed by atoms with Crippen molar-refractivity contribution >= 4 is 39.1 Å². The van der Waals surface area contributed by atoms with Crippen molar-refractivity contribution in [3.05, 3.63) is 58.6 Å². The van der Waals surface area contributed by atoms with E-state index in [1.807, 2.05) is 6.92 Å². The topological polar surface area (TPSA) is 95.6 Å². The number of carbonyl (C=O) groups excluding carboxylic acids is 2. The number of benzene rings is 2. The van der Waals surface area contributed by atoms with E-state index in [-0.39, 0.29) is 23.1 Å². The standard InChI is InChI=1S/C23H28ClN3O4S/c1-2-12-25-23(29)20-11-8-18(24)16-21(20)26-22(28)15-17-6-9-19(10-7-17)32(30,31)27-13-4-3-5-14-27/h6-11,16H,2-5,12-15H2,1H3,(H,25,29)(H,26,28). The lowest BCUT2D eigenvalue weighted by Crippen LogP contribution is -2.35. The van der Waals surface area contributed by atoms with Crippen LogP contribution >= 0.6 is 11.6 Å². The number of nitrogens with zero attached hydrogens (tertiary/aromatic N) is 1. The van der Waals surface area contributed by atoms with E-state index in [0.29, 0.717) is 41.5 Å². The molecule has 0 aromatic heterocycles. The van der Waals surface area contributed by atoms with Gasteiger partial charge in [-0.2, -0.15) is 4.31 Å². The molecular formula is C23H28ClN3O4S. The summed E-state index contributed by atoms with van der Waals surface area (Å²) in [7, 11) is -3.51. The number of anilines is 1. The fraction of sp³-hybridized carbons (Fsp3) is 0.391. The minimum Gasteiger partial charge on any atom is -0.352 e. The van der Waals surface area contributed by atoms with Gasteiger partial charge in [-0.25, -0.2) is 8.42 Å². The predicted octanol–water partition coefficient (Wildman–Crippen LogP) is 3.84. The van der Waals surface area contributed by atoms with Gasteiger partial charge >= 0.3 is 0 Å². The molecule has 1 aliphatic rings. The molecule has 0 spiro atoms. The molecule has 1 saturated heterocycles.